The molecular weight excluding hydrogens is 1030 g/mol. The molecule has 81 heavy (non-hydrogen) atoms. The molecule has 0 nitrogen and oxygen atoms in total. The summed E-state index contributed by atoms with van der Waals surface area (Å²) in [6.45, 7) is 66.2. The van der Waals surface area contributed by atoms with Crippen molar-refractivity contribution in [2.75, 3.05) is 0 Å². The lowest BCUT2D eigenvalue weighted by Crippen LogP contribution is -2.39. The third-order valence-electron chi connectivity index (χ3n) is 19.9. The minimum absolute atomic E-state index is 0.136. The average molecular weight is 1180 g/mol. The van der Waals surface area contributed by atoms with E-state index in [-0.39, 0.29) is 34.5 Å². The molecule has 7 atom stereocenters. The maximum absolute atomic E-state index is 14.1. The SMILES string of the molecule is CCC(C)(CC)[C@@](C)(F)CC.CCC(CC)[C@@](C)(F)CC.CCCC(C)(F)CCC.CCC[C@@](C)(F)CC.CCC[C@](C)(F)C(C)(CC)CC.CCC[C@](C)(F)C(CC)CC.CC[C@](C)(F)C(C(C)C)C(C)C.CC[C@](C)(F)C(C)C. The van der Waals surface area contributed by atoms with Crippen LogP contribution in [0.5, 0.6) is 0 Å². The van der Waals surface area contributed by atoms with Gasteiger partial charge >= 0.3 is 0 Å². The summed E-state index contributed by atoms with van der Waals surface area (Å²) in [6, 6.07) is 0. The van der Waals surface area contributed by atoms with Gasteiger partial charge < -0.3 is 0 Å². The van der Waals surface area contributed by atoms with Gasteiger partial charge in [-0.05, 0) is 181 Å². The van der Waals surface area contributed by atoms with Crippen LogP contribution in [0.1, 0.15) is 383 Å². The maximum atomic E-state index is 14.1. The van der Waals surface area contributed by atoms with Crippen LogP contribution < -0.4 is 0 Å². The van der Waals surface area contributed by atoms with Gasteiger partial charge in [0.25, 0.3) is 0 Å². The van der Waals surface area contributed by atoms with E-state index in [1.54, 1.807) is 55.4 Å². The Balaban J connectivity index is -0.000000126. The molecule has 0 spiro atoms. The lowest BCUT2D eigenvalue weighted by Gasteiger charge is -2.39. The molecule has 0 amide bonds. The molecule has 0 unspecified atom stereocenters. The molecule has 8 heteroatoms. The van der Waals surface area contributed by atoms with Crippen molar-refractivity contribution >= 4 is 0 Å². The van der Waals surface area contributed by atoms with E-state index >= 15 is 0 Å². The van der Waals surface area contributed by atoms with Gasteiger partial charge in [-0.2, -0.15) is 0 Å². The Bertz CT molecular complexity index is 1310. The third-order valence-corrected chi connectivity index (χ3v) is 19.9. The normalized spacial score (nSPS) is 17.0. The van der Waals surface area contributed by atoms with Gasteiger partial charge in [-0.25, -0.2) is 35.1 Å². The molecule has 0 saturated heterocycles. The van der Waals surface area contributed by atoms with Gasteiger partial charge in [0.2, 0.25) is 0 Å². The first-order chi connectivity index (χ1) is 36.6. The Kier molecular flexibility index (Phi) is 57.9. The molecular formula is C73H154F8. The van der Waals surface area contributed by atoms with E-state index in [1.807, 2.05) is 90.0 Å². The molecule has 0 N–H and O–H groups in total. The maximum Gasteiger partial charge on any atom is 0.113 e. The minimum atomic E-state index is -1.00. The Morgan fingerprint density at radius 3 is 0.679 bits per heavy atom. The highest BCUT2D eigenvalue weighted by atomic mass is 19.2. The Labute approximate surface area is 507 Å². The number of alkyl halides is 8. The fourth-order valence-electron chi connectivity index (χ4n) is 11.1. The first-order valence-electron chi connectivity index (χ1n) is 34.1. The first-order valence-corrected chi connectivity index (χ1v) is 34.1. The molecule has 0 rings (SSSR count). The van der Waals surface area contributed by atoms with Crippen LogP contribution in [-0.2, 0) is 0 Å². The van der Waals surface area contributed by atoms with Crippen LogP contribution in [0.2, 0.25) is 0 Å². The van der Waals surface area contributed by atoms with Crippen LogP contribution >= 0.6 is 0 Å². The molecule has 0 radical (unpaired) electrons. The van der Waals surface area contributed by atoms with Crippen molar-refractivity contribution in [2.24, 2.45) is 46.3 Å². The number of hydrogen-bond donors (Lipinski definition) is 0. The van der Waals surface area contributed by atoms with Gasteiger partial charge in [0.05, 0.1) is 0 Å². The number of hydrogen-bond acceptors (Lipinski definition) is 0. The van der Waals surface area contributed by atoms with Crippen molar-refractivity contribution in [1.29, 1.82) is 0 Å². The summed E-state index contributed by atoms with van der Waals surface area (Å²) >= 11 is 0. The van der Waals surface area contributed by atoms with Gasteiger partial charge in [-0.15, -0.1) is 0 Å². The molecule has 0 bridgehead atoms. The molecule has 0 aliphatic rings. The fourth-order valence-corrected chi connectivity index (χ4v) is 11.1. The van der Waals surface area contributed by atoms with Crippen LogP contribution in [0.3, 0.4) is 0 Å². The van der Waals surface area contributed by atoms with Crippen molar-refractivity contribution < 1.29 is 35.1 Å². The molecule has 0 aliphatic heterocycles. The van der Waals surface area contributed by atoms with Crippen LogP contribution in [0, 0.1) is 46.3 Å². The standard InChI is InChI=1S/2C11H23F.2C10H21F.C9H19F.C8H17F.2C7H15F/c1-7-11(6,12)10(8(2)3)9(4)5;1-6-9-11(5,12)10(4,7-2)8-3;1-6-9(4,7-2)10(5,11)8-3;1-5-8-10(4,11)9(6-2)7-3;1-5-8(6-2)9(4,10)7-3;1-4-6-8(3,9)7-5-2;1-5-7(4,8)6(2)3;1-4-6-7(3,8)5-2/h8-10H,7H2,1-6H3;6-9H2,1-5H3;6-8H2,1-5H3;9H,5-8H2,1-4H3;8H,5-7H2,1-4H3;4-7H2,1-3H3;6H,5H2,1-4H3;4-6H2,1-3H3/t2*11-;2*10-;9-;;2*7-/m00000.00/s1. The molecule has 502 valence electrons. The van der Waals surface area contributed by atoms with E-state index in [2.05, 4.69) is 90.0 Å². The predicted octanol–water partition coefficient (Wildman–Crippen LogP) is 28.9. The monoisotopic (exact) mass is 1180 g/mol. The number of halogens is 8. The zero-order valence-corrected chi connectivity index (χ0v) is 61.8. The van der Waals surface area contributed by atoms with Gasteiger partial charge in [0.15, 0.2) is 0 Å². The van der Waals surface area contributed by atoms with Crippen molar-refractivity contribution in [2.45, 2.75) is 428 Å². The van der Waals surface area contributed by atoms with Crippen molar-refractivity contribution in [1.82, 2.24) is 0 Å². The van der Waals surface area contributed by atoms with Gasteiger partial charge in [0, 0.05) is 10.8 Å². The van der Waals surface area contributed by atoms with Crippen molar-refractivity contribution in [3.8, 4) is 0 Å². The van der Waals surface area contributed by atoms with E-state index in [0.29, 0.717) is 76.0 Å². The average Bonchev–Trinajstić information content (AvgIpc) is 3.37. The number of rotatable bonds is 31. The minimum Gasteiger partial charge on any atom is -0.244 e. The zero-order valence-electron chi connectivity index (χ0n) is 61.8. The Morgan fingerprint density at radius 2 is 0.531 bits per heavy atom. The summed E-state index contributed by atoms with van der Waals surface area (Å²) < 4.78 is 108. The summed E-state index contributed by atoms with van der Waals surface area (Å²) in [5.41, 5.74) is -7.91. The van der Waals surface area contributed by atoms with Crippen molar-refractivity contribution in [3.63, 3.8) is 0 Å². The van der Waals surface area contributed by atoms with Gasteiger partial charge in [0.1, 0.15) is 45.4 Å². The quantitative estimate of drug-likeness (QED) is 0.0607. The summed E-state index contributed by atoms with van der Waals surface area (Å²) in [7, 11) is 0. The van der Waals surface area contributed by atoms with E-state index in [0.717, 1.165) is 83.5 Å². The first kappa shape index (κ1) is 96.7. The molecule has 0 aliphatic carbocycles. The van der Waals surface area contributed by atoms with E-state index in [1.165, 1.54) is 0 Å². The second-order valence-corrected chi connectivity index (χ2v) is 27.6. The molecule has 0 aromatic carbocycles. The Morgan fingerprint density at radius 1 is 0.259 bits per heavy atom. The molecule has 0 heterocycles. The highest BCUT2D eigenvalue weighted by Gasteiger charge is 2.42. The van der Waals surface area contributed by atoms with E-state index in [4.69, 9.17) is 0 Å². The van der Waals surface area contributed by atoms with Crippen LogP contribution in [0.4, 0.5) is 35.1 Å². The summed E-state index contributed by atoms with van der Waals surface area (Å²) in [4.78, 5) is 0. The summed E-state index contributed by atoms with van der Waals surface area (Å²) in [5, 5.41) is 0. The third kappa shape index (κ3) is 43.7. The van der Waals surface area contributed by atoms with Crippen LogP contribution in [-0.4, -0.2) is 45.4 Å². The smallest absolute Gasteiger partial charge is 0.113 e. The predicted molar refractivity (Wildman–Crippen MR) is 356 cm³/mol. The van der Waals surface area contributed by atoms with Crippen molar-refractivity contribution in [3.05, 3.63) is 0 Å². The topological polar surface area (TPSA) is 0 Å². The molecule has 0 saturated carbocycles. The molecule has 0 aromatic heterocycles. The van der Waals surface area contributed by atoms with Gasteiger partial charge in [-0.3, -0.25) is 0 Å². The summed E-state index contributed by atoms with van der Waals surface area (Å²) in [5.74, 6) is 1.69. The lowest BCUT2D eigenvalue weighted by atomic mass is 9.70. The fraction of sp³-hybridized carbons (Fsp3) is 1.00. The van der Waals surface area contributed by atoms with E-state index < -0.39 is 45.4 Å². The van der Waals surface area contributed by atoms with Crippen LogP contribution in [0.15, 0.2) is 0 Å². The van der Waals surface area contributed by atoms with Crippen LogP contribution in [0.25, 0.3) is 0 Å². The zero-order chi connectivity index (χ0) is 66.7. The van der Waals surface area contributed by atoms with Gasteiger partial charge in [-0.1, -0.05) is 238 Å². The summed E-state index contributed by atoms with van der Waals surface area (Å²) in [6.07, 6.45) is 18.9. The molecule has 0 fully saturated rings. The highest BCUT2D eigenvalue weighted by molar-refractivity contribution is 4.92. The largest absolute Gasteiger partial charge is 0.244 e. The molecule has 0 aromatic rings. The second kappa shape index (κ2) is 48.5. The highest BCUT2D eigenvalue weighted by Crippen LogP contribution is 2.44. The second-order valence-electron chi connectivity index (χ2n) is 27.6. The lowest BCUT2D eigenvalue weighted by molar-refractivity contribution is 0.00461. The van der Waals surface area contributed by atoms with E-state index in [9.17, 15) is 35.1 Å². The Hall–Kier alpha value is -0.560.